The molecule has 2 aromatic heterocycles. The molecule has 0 saturated heterocycles. The zero-order valence-electron chi connectivity index (χ0n) is 29.2. The van der Waals surface area contributed by atoms with Crippen molar-refractivity contribution in [1.82, 2.24) is 14.5 Å². The lowest BCUT2D eigenvalue weighted by Crippen LogP contribution is -1.98. The van der Waals surface area contributed by atoms with Crippen LogP contribution in [-0.2, 0) is 0 Å². The summed E-state index contributed by atoms with van der Waals surface area (Å²) in [6.07, 6.45) is 1.49. The lowest BCUT2D eigenvalue weighted by molar-refractivity contribution is 1.17. The molecule has 10 rings (SSSR count). The fourth-order valence-corrected chi connectivity index (χ4v) is 7.84. The van der Waals surface area contributed by atoms with Gasteiger partial charge in [-0.05, 0) is 58.6 Å². The van der Waals surface area contributed by atoms with Crippen molar-refractivity contribution in [1.29, 1.82) is 5.41 Å². The monoisotopic (exact) mass is 691 g/mol. The van der Waals surface area contributed by atoms with E-state index in [0.717, 1.165) is 83.3 Å². The van der Waals surface area contributed by atoms with Crippen LogP contribution in [0.25, 0.3) is 82.9 Å². The maximum Gasteiger partial charge on any atom is 0.160 e. The van der Waals surface area contributed by atoms with E-state index in [0.29, 0.717) is 5.82 Å². The summed E-state index contributed by atoms with van der Waals surface area (Å²) in [6, 6.07) is 62.9. The molecule has 0 fully saturated rings. The normalized spacial score (nSPS) is 11.4. The Hall–Kier alpha value is -7.37. The van der Waals surface area contributed by atoms with Gasteiger partial charge in [0.1, 0.15) is 0 Å². The minimum atomic E-state index is 0.691. The standard InChI is InChI=1S/C49H33N5/c50-31-41-42(51-35-18-8-3-9-19-35)28-29-45-46(41)47-39-22-12-10-20-37(39)38-21-11-13-23-40(38)48(47)54(45)36-26-24-33(25-27-36)44-30-43(32-14-4-1-5-15-32)52-49(53-44)34-16-6-2-7-17-34/h1-31,50-51H. The highest BCUT2D eigenvalue weighted by atomic mass is 15.0. The van der Waals surface area contributed by atoms with Crippen LogP contribution in [0.5, 0.6) is 0 Å². The van der Waals surface area contributed by atoms with Gasteiger partial charge in [-0.3, -0.25) is 0 Å². The van der Waals surface area contributed by atoms with Gasteiger partial charge in [-0.1, -0.05) is 140 Å². The molecule has 0 aliphatic rings. The van der Waals surface area contributed by atoms with E-state index in [1.807, 2.05) is 54.6 Å². The Kier molecular flexibility index (Phi) is 7.55. The first-order valence-electron chi connectivity index (χ1n) is 18.1. The van der Waals surface area contributed by atoms with Crippen LogP contribution in [0.1, 0.15) is 5.56 Å². The summed E-state index contributed by atoms with van der Waals surface area (Å²) in [5.41, 5.74) is 10.7. The van der Waals surface area contributed by atoms with Crippen LogP contribution in [0, 0.1) is 5.41 Å². The van der Waals surface area contributed by atoms with Crippen LogP contribution in [0.2, 0.25) is 0 Å². The Bertz CT molecular complexity index is 2950. The molecule has 0 radical (unpaired) electrons. The average Bonchev–Trinajstić information content (AvgIpc) is 3.60. The van der Waals surface area contributed by atoms with Crippen LogP contribution in [-0.4, -0.2) is 20.7 Å². The van der Waals surface area contributed by atoms with E-state index in [1.165, 1.54) is 17.0 Å². The van der Waals surface area contributed by atoms with Crippen molar-refractivity contribution in [2.45, 2.75) is 0 Å². The summed E-state index contributed by atoms with van der Waals surface area (Å²) in [7, 11) is 0. The van der Waals surface area contributed by atoms with Gasteiger partial charge in [-0.25, -0.2) is 9.97 Å². The topological polar surface area (TPSA) is 66.6 Å². The van der Waals surface area contributed by atoms with Gasteiger partial charge in [-0.2, -0.15) is 0 Å². The summed E-state index contributed by atoms with van der Waals surface area (Å²) in [5, 5.41) is 19.3. The van der Waals surface area contributed by atoms with Crippen LogP contribution < -0.4 is 5.32 Å². The second kappa shape index (κ2) is 13.0. The van der Waals surface area contributed by atoms with Crippen LogP contribution >= 0.6 is 0 Å². The van der Waals surface area contributed by atoms with Crippen molar-refractivity contribution in [3.05, 3.63) is 188 Å². The van der Waals surface area contributed by atoms with Crippen molar-refractivity contribution >= 4 is 60.9 Å². The van der Waals surface area contributed by atoms with E-state index >= 15 is 0 Å². The summed E-state index contributed by atoms with van der Waals surface area (Å²) in [5.74, 6) is 0.691. The molecule has 10 aromatic rings. The van der Waals surface area contributed by atoms with Gasteiger partial charge in [0.15, 0.2) is 5.82 Å². The second-order valence-electron chi connectivity index (χ2n) is 13.4. The fourth-order valence-electron chi connectivity index (χ4n) is 7.84. The number of hydrogen-bond acceptors (Lipinski definition) is 4. The molecule has 0 aliphatic heterocycles. The number of nitrogens with one attached hydrogen (secondary N) is 2. The van der Waals surface area contributed by atoms with Crippen LogP contribution in [0.3, 0.4) is 0 Å². The number of hydrogen-bond donors (Lipinski definition) is 2. The Morgan fingerprint density at radius 3 is 1.67 bits per heavy atom. The molecular formula is C49H33N5. The highest BCUT2D eigenvalue weighted by Gasteiger charge is 2.22. The Labute approximate surface area is 312 Å². The molecule has 8 aromatic carbocycles. The van der Waals surface area contributed by atoms with Gasteiger partial charge in [0.25, 0.3) is 0 Å². The first-order chi connectivity index (χ1) is 26.7. The highest BCUT2D eigenvalue weighted by Crippen LogP contribution is 2.45. The number of para-hydroxylation sites is 1. The molecule has 0 spiro atoms. The van der Waals surface area contributed by atoms with Gasteiger partial charge in [0.05, 0.1) is 22.4 Å². The zero-order valence-corrected chi connectivity index (χ0v) is 29.2. The van der Waals surface area contributed by atoms with Crippen molar-refractivity contribution in [2.75, 3.05) is 5.32 Å². The Morgan fingerprint density at radius 2 is 1.02 bits per heavy atom. The first kappa shape index (κ1) is 31.4. The maximum atomic E-state index is 8.79. The molecule has 0 saturated carbocycles. The molecule has 254 valence electrons. The minimum Gasteiger partial charge on any atom is -0.355 e. The molecule has 0 bridgehead atoms. The number of aromatic nitrogens is 3. The summed E-state index contributed by atoms with van der Waals surface area (Å²) < 4.78 is 2.37. The number of nitrogens with zero attached hydrogens (tertiary/aromatic N) is 3. The molecule has 0 amide bonds. The number of benzene rings is 8. The van der Waals surface area contributed by atoms with E-state index in [1.54, 1.807) is 0 Å². The number of anilines is 2. The largest absolute Gasteiger partial charge is 0.355 e. The van der Waals surface area contributed by atoms with E-state index in [2.05, 4.69) is 137 Å². The summed E-state index contributed by atoms with van der Waals surface area (Å²) in [6.45, 7) is 0. The van der Waals surface area contributed by atoms with Crippen molar-refractivity contribution < 1.29 is 0 Å². The molecule has 2 heterocycles. The lowest BCUT2D eigenvalue weighted by atomic mass is 9.95. The minimum absolute atomic E-state index is 0.691. The van der Waals surface area contributed by atoms with Crippen LogP contribution in [0.15, 0.2) is 182 Å². The fraction of sp³-hybridized carbons (Fsp3) is 0. The predicted octanol–water partition coefficient (Wildman–Crippen LogP) is 12.6. The number of rotatable bonds is 7. The predicted molar refractivity (Wildman–Crippen MR) is 225 cm³/mol. The molecule has 0 atom stereocenters. The van der Waals surface area contributed by atoms with Crippen LogP contribution in [0.4, 0.5) is 11.4 Å². The SMILES string of the molecule is N=Cc1c(Nc2ccccc2)ccc2c1c1c3ccccc3c3ccccc3c1n2-c1ccc(-c2cc(-c3ccccc3)nc(-c3ccccc3)n2)cc1. The van der Waals surface area contributed by atoms with Gasteiger partial charge >= 0.3 is 0 Å². The number of fused-ring (bicyclic) bond motifs is 8. The third kappa shape index (κ3) is 5.22. The van der Waals surface area contributed by atoms with E-state index < -0.39 is 0 Å². The van der Waals surface area contributed by atoms with Crippen molar-refractivity contribution in [2.24, 2.45) is 0 Å². The Balaban J connectivity index is 1.21. The molecule has 0 aliphatic carbocycles. The highest BCUT2D eigenvalue weighted by molar-refractivity contribution is 6.34. The zero-order chi connectivity index (χ0) is 36.0. The molecular weight excluding hydrogens is 659 g/mol. The summed E-state index contributed by atoms with van der Waals surface area (Å²) in [4.78, 5) is 10.1. The van der Waals surface area contributed by atoms with Crippen molar-refractivity contribution in [3.63, 3.8) is 0 Å². The first-order valence-corrected chi connectivity index (χ1v) is 18.1. The molecule has 5 heteroatoms. The van der Waals surface area contributed by atoms with E-state index in [4.69, 9.17) is 15.4 Å². The van der Waals surface area contributed by atoms with Gasteiger partial charge in [0.2, 0.25) is 0 Å². The average molecular weight is 692 g/mol. The van der Waals surface area contributed by atoms with E-state index in [9.17, 15) is 0 Å². The van der Waals surface area contributed by atoms with Gasteiger partial charge in [0, 0.05) is 61.7 Å². The third-order valence-corrected chi connectivity index (χ3v) is 10.3. The molecule has 54 heavy (non-hydrogen) atoms. The Morgan fingerprint density at radius 1 is 0.481 bits per heavy atom. The van der Waals surface area contributed by atoms with Crippen molar-refractivity contribution in [3.8, 4) is 39.6 Å². The molecule has 5 nitrogen and oxygen atoms in total. The lowest BCUT2D eigenvalue weighted by Gasteiger charge is -2.13. The molecule has 0 unspecified atom stereocenters. The quantitative estimate of drug-likeness (QED) is 0.129. The van der Waals surface area contributed by atoms with Gasteiger partial charge < -0.3 is 15.3 Å². The van der Waals surface area contributed by atoms with E-state index in [-0.39, 0.29) is 0 Å². The summed E-state index contributed by atoms with van der Waals surface area (Å²) >= 11 is 0. The smallest absolute Gasteiger partial charge is 0.160 e. The second-order valence-corrected chi connectivity index (χ2v) is 13.4. The van der Waals surface area contributed by atoms with Gasteiger partial charge in [-0.15, -0.1) is 0 Å². The third-order valence-electron chi connectivity index (χ3n) is 10.3. The maximum absolute atomic E-state index is 8.79. The molecule has 2 N–H and O–H groups in total.